The van der Waals surface area contributed by atoms with Crippen LogP contribution in [-0.2, 0) is 4.79 Å². The molecule has 5 nitrogen and oxygen atoms in total. The Hall–Kier alpha value is -2.68. The number of ether oxygens (including phenoxy) is 2. The minimum atomic E-state index is -0.582. The van der Waals surface area contributed by atoms with Crippen molar-refractivity contribution in [1.82, 2.24) is 0 Å². The summed E-state index contributed by atoms with van der Waals surface area (Å²) in [6.45, 7) is 0.952. The van der Waals surface area contributed by atoms with Gasteiger partial charge < -0.3 is 14.8 Å². The van der Waals surface area contributed by atoms with Gasteiger partial charge in [-0.1, -0.05) is 35.3 Å². The van der Waals surface area contributed by atoms with Gasteiger partial charge in [-0.2, -0.15) is 5.26 Å². The van der Waals surface area contributed by atoms with Crippen LogP contribution in [0.2, 0.25) is 10.0 Å². The molecule has 0 aliphatic carbocycles. The van der Waals surface area contributed by atoms with E-state index in [1.807, 2.05) is 6.07 Å². The Kier molecular flexibility index (Phi) is 5.13. The van der Waals surface area contributed by atoms with Crippen molar-refractivity contribution in [2.45, 2.75) is 0 Å². The highest BCUT2D eigenvalue weighted by Crippen LogP contribution is 2.32. The van der Waals surface area contributed by atoms with Crippen molar-refractivity contribution in [3.8, 4) is 17.6 Å². The first-order valence-electron chi connectivity index (χ1n) is 7.35. The Morgan fingerprint density at radius 2 is 1.92 bits per heavy atom. The number of nitrogens with one attached hydrogen (secondary N) is 1. The lowest BCUT2D eigenvalue weighted by Gasteiger charge is -2.18. The SMILES string of the molecule is N#C/C(=C/c1ccc2c(c1)OCCO2)C(=O)Nc1cccc(Cl)c1Cl. The molecule has 0 fully saturated rings. The molecule has 2 aromatic carbocycles. The lowest BCUT2D eigenvalue weighted by molar-refractivity contribution is -0.112. The second kappa shape index (κ2) is 7.47. The molecule has 0 saturated heterocycles. The molecule has 1 aliphatic rings. The van der Waals surface area contributed by atoms with Crippen molar-refractivity contribution in [3.05, 3.63) is 57.6 Å². The number of hydrogen-bond acceptors (Lipinski definition) is 4. The Labute approximate surface area is 154 Å². The molecule has 126 valence electrons. The number of benzene rings is 2. The van der Waals surface area contributed by atoms with E-state index in [2.05, 4.69) is 5.32 Å². The third kappa shape index (κ3) is 3.87. The van der Waals surface area contributed by atoms with Gasteiger partial charge in [-0.05, 0) is 35.9 Å². The minimum absolute atomic E-state index is 0.0762. The lowest BCUT2D eigenvalue weighted by atomic mass is 10.1. The second-order valence-electron chi connectivity index (χ2n) is 5.13. The highest BCUT2D eigenvalue weighted by Gasteiger charge is 2.15. The summed E-state index contributed by atoms with van der Waals surface area (Å²) >= 11 is 12.0. The number of nitrogens with zero attached hydrogens (tertiary/aromatic N) is 1. The normalized spacial score (nSPS) is 13.1. The molecular formula is C18H12Cl2N2O3. The zero-order chi connectivity index (χ0) is 17.8. The van der Waals surface area contributed by atoms with Crippen LogP contribution in [0.1, 0.15) is 5.56 Å². The standard InChI is InChI=1S/C18H12Cl2N2O3/c19-13-2-1-3-14(17(13)20)22-18(23)12(10-21)8-11-4-5-15-16(9-11)25-7-6-24-15/h1-5,8-9H,6-7H2,(H,22,23)/b12-8-. The molecule has 0 saturated carbocycles. The molecule has 0 aromatic heterocycles. The van der Waals surface area contributed by atoms with Crippen molar-refractivity contribution in [2.75, 3.05) is 18.5 Å². The first kappa shape index (κ1) is 17.2. The molecule has 1 heterocycles. The molecule has 2 aromatic rings. The average molecular weight is 375 g/mol. The first-order valence-corrected chi connectivity index (χ1v) is 8.11. The van der Waals surface area contributed by atoms with Crippen molar-refractivity contribution >= 4 is 40.9 Å². The van der Waals surface area contributed by atoms with E-state index < -0.39 is 5.91 Å². The van der Waals surface area contributed by atoms with Gasteiger partial charge >= 0.3 is 0 Å². The monoisotopic (exact) mass is 374 g/mol. The Morgan fingerprint density at radius 1 is 1.16 bits per heavy atom. The average Bonchev–Trinajstić information content (AvgIpc) is 2.63. The van der Waals surface area contributed by atoms with E-state index in [-0.39, 0.29) is 10.6 Å². The Balaban J connectivity index is 1.84. The van der Waals surface area contributed by atoms with Crippen LogP contribution >= 0.6 is 23.2 Å². The van der Waals surface area contributed by atoms with Gasteiger partial charge in [-0.25, -0.2) is 0 Å². The summed E-state index contributed by atoms with van der Waals surface area (Å²) in [5, 5.41) is 12.4. The summed E-state index contributed by atoms with van der Waals surface area (Å²) in [6.07, 6.45) is 1.46. The van der Waals surface area contributed by atoms with E-state index in [9.17, 15) is 10.1 Å². The van der Waals surface area contributed by atoms with E-state index in [0.29, 0.717) is 41.0 Å². The molecule has 1 N–H and O–H groups in total. The van der Waals surface area contributed by atoms with Gasteiger partial charge in [0.05, 0.1) is 15.7 Å². The largest absolute Gasteiger partial charge is 0.486 e. The van der Waals surface area contributed by atoms with Crippen molar-refractivity contribution in [3.63, 3.8) is 0 Å². The van der Waals surface area contributed by atoms with E-state index in [1.165, 1.54) is 6.08 Å². The van der Waals surface area contributed by atoms with Gasteiger partial charge in [-0.15, -0.1) is 0 Å². The predicted octanol–water partition coefficient (Wildman–Crippen LogP) is 4.31. The van der Waals surface area contributed by atoms with Crippen molar-refractivity contribution < 1.29 is 14.3 Å². The van der Waals surface area contributed by atoms with Gasteiger partial charge in [-0.3, -0.25) is 4.79 Å². The molecule has 7 heteroatoms. The molecule has 1 amide bonds. The number of amides is 1. The van der Waals surface area contributed by atoms with Gasteiger partial charge in [0.1, 0.15) is 24.9 Å². The lowest BCUT2D eigenvalue weighted by Crippen LogP contribution is -2.15. The third-order valence-corrected chi connectivity index (χ3v) is 4.26. The number of fused-ring (bicyclic) bond motifs is 1. The molecule has 3 rings (SSSR count). The first-order chi connectivity index (χ1) is 12.1. The molecule has 0 spiro atoms. The highest BCUT2D eigenvalue weighted by atomic mass is 35.5. The number of hydrogen-bond donors (Lipinski definition) is 1. The van der Waals surface area contributed by atoms with Crippen LogP contribution < -0.4 is 14.8 Å². The number of anilines is 1. The molecular weight excluding hydrogens is 363 g/mol. The molecule has 0 radical (unpaired) electrons. The third-order valence-electron chi connectivity index (χ3n) is 3.44. The summed E-state index contributed by atoms with van der Waals surface area (Å²) in [5.41, 5.74) is 0.906. The van der Waals surface area contributed by atoms with Crippen LogP contribution in [0.15, 0.2) is 42.0 Å². The van der Waals surface area contributed by atoms with Crippen LogP contribution in [0, 0.1) is 11.3 Å². The number of rotatable bonds is 3. The maximum atomic E-state index is 12.3. The summed E-state index contributed by atoms with van der Waals surface area (Å²) < 4.78 is 10.9. The maximum Gasteiger partial charge on any atom is 0.266 e. The maximum absolute atomic E-state index is 12.3. The quantitative estimate of drug-likeness (QED) is 0.641. The van der Waals surface area contributed by atoms with E-state index in [4.69, 9.17) is 32.7 Å². The number of carbonyl (C=O) groups excluding carboxylic acids is 1. The summed E-state index contributed by atoms with van der Waals surface area (Å²) in [7, 11) is 0. The fourth-order valence-corrected chi connectivity index (χ4v) is 2.60. The van der Waals surface area contributed by atoms with Gasteiger partial charge in [0, 0.05) is 0 Å². The van der Waals surface area contributed by atoms with Crippen LogP contribution in [0.5, 0.6) is 11.5 Å². The van der Waals surface area contributed by atoms with Crippen LogP contribution in [-0.4, -0.2) is 19.1 Å². The predicted molar refractivity (Wildman–Crippen MR) is 96.1 cm³/mol. The zero-order valence-corrected chi connectivity index (χ0v) is 14.4. The number of nitriles is 1. The van der Waals surface area contributed by atoms with Crippen LogP contribution in [0.3, 0.4) is 0 Å². The Bertz CT molecular complexity index is 904. The Morgan fingerprint density at radius 3 is 2.68 bits per heavy atom. The summed E-state index contributed by atoms with van der Waals surface area (Å²) in [5.74, 6) is 0.634. The van der Waals surface area contributed by atoms with Gasteiger partial charge in [0.2, 0.25) is 0 Å². The molecule has 0 unspecified atom stereocenters. The van der Waals surface area contributed by atoms with E-state index in [0.717, 1.165) is 0 Å². The molecule has 25 heavy (non-hydrogen) atoms. The molecule has 1 aliphatic heterocycles. The fraction of sp³-hybridized carbons (Fsp3) is 0.111. The smallest absolute Gasteiger partial charge is 0.266 e. The molecule has 0 atom stereocenters. The summed E-state index contributed by atoms with van der Waals surface area (Å²) in [4.78, 5) is 12.3. The van der Waals surface area contributed by atoms with E-state index >= 15 is 0 Å². The second-order valence-corrected chi connectivity index (χ2v) is 5.91. The minimum Gasteiger partial charge on any atom is -0.486 e. The van der Waals surface area contributed by atoms with Crippen molar-refractivity contribution in [2.24, 2.45) is 0 Å². The summed E-state index contributed by atoms with van der Waals surface area (Å²) in [6, 6.07) is 11.9. The van der Waals surface area contributed by atoms with Crippen LogP contribution in [0.4, 0.5) is 5.69 Å². The molecule has 0 bridgehead atoms. The number of carbonyl (C=O) groups is 1. The zero-order valence-electron chi connectivity index (χ0n) is 12.9. The van der Waals surface area contributed by atoms with Crippen LogP contribution in [0.25, 0.3) is 6.08 Å². The van der Waals surface area contributed by atoms with Gasteiger partial charge in [0.15, 0.2) is 11.5 Å². The number of halogens is 2. The van der Waals surface area contributed by atoms with E-state index in [1.54, 1.807) is 36.4 Å². The fourth-order valence-electron chi connectivity index (χ4n) is 2.25. The highest BCUT2D eigenvalue weighted by molar-refractivity contribution is 6.44. The van der Waals surface area contributed by atoms with Gasteiger partial charge in [0.25, 0.3) is 5.91 Å². The topological polar surface area (TPSA) is 71.3 Å². The van der Waals surface area contributed by atoms with Crippen molar-refractivity contribution in [1.29, 1.82) is 5.26 Å².